The normalized spacial score (nSPS) is 20.8. The van der Waals surface area contributed by atoms with E-state index in [1.54, 1.807) is 0 Å². The third-order valence-electron chi connectivity index (χ3n) is 7.56. The highest BCUT2D eigenvalue weighted by Gasteiger charge is 2.59. The maximum Gasteiger partial charge on any atom is 0.419 e. The lowest BCUT2D eigenvalue weighted by Gasteiger charge is -2.21. The Hall–Kier alpha value is -6.00. The zero-order chi connectivity index (χ0) is 40.4. The van der Waals surface area contributed by atoms with Crippen LogP contribution in [0, 0.1) is 64.4 Å². The summed E-state index contributed by atoms with van der Waals surface area (Å²) < 4.78 is 166. The minimum Gasteiger partial charge on any atom is -0.315 e. The highest BCUT2D eigenvalue weighted by Crippen LogP contribution is 2.52. The number of nitrogens with zero attached hydrogens (tertiary/aromatic N) is 8. The van der Waals surface area contributed by atoms with Crippen LogP contribution in [0.2, 0.25) is 0 Å². The summed E-state index contributed by atoms with van der Waals surface area (Å²) in [7, 11) is 0. The van der Waals surface area contributed by atoms with Gasteiger partial charge in [-0.25, -0.2) is 11.4 Å². The highest BCUT2D eigenvalue weighted by atomic mass is 19.4. The van der Waals surface area contributed by atoms with Gasteiger partial charge in [-0.05, 0) is 26.7 Å². The van der Waals surface area contributed by atoms with Crippen LogP contribution in [0.3, 0.4) is 0 Å². The molecule has 4 atom stereocenters. The molecule has 0 saturated carbocycles. The summed E-state index contributed by atoms with van der Waals surface area (Å²) in [6, 6.07) is 1.81. The summed E-state index contributed by atoms with van der Waals surface area (Å²) in [5.74, 6) is -6.66. The first kappa shape index (κ1) is 42.2. The van der Waals surface area contributed by atoms with E-state index in [-0.39, 0.29) is 0 Å². The van der Waals surface area contributed by atoms with Crippen molar-refractivity contribution in [2.24, 2.45) is 16.1 Å². The topological polar surface area (TPSA) is 163 Å². The highest BCUT2D eigenvalue weighted by molar-refractivity contribution is 6.04. The van der Waals surface area contributed by atoms with Crippen molar-refractivity contribution >= 4 is 11.6 Å². The fourth-order valence-electron chi connectivity index (χ4n) is 5.07. The number of Topliss-reactive ketones (excluding diaryl/α,β-unsaturated/α-hetero) is 2. The maximum atomic E-state index is 13.8. The van der Waals surface area contributed by atoms with Gasteiger partial charge in [0.05, 0.1) is 53.1 Å². The van der Waals surface area contributed by atoms with Gasteiger partial charge < -0.3 is 4.85 Å². The smallest absolute Gasteiger partial charge is 0.315 e. The van der Waals surface area contributed by atoms with E-state index in [0.29, 0.717) is 0 Å². The van der Waals surface area contributed by atoms with Crippen LogP contribution in [0.1, 0.15) is 39.5 Å². The first-order valence-corrected chi connectivity index (χ1v) is 13.8. The predicted octanol–water partition coefficient (Wildman–Crippen LogP) is 7.99. The van der Waals surface area contributed by atoms with Crippen LogP contribution in [-0.2, 0) is 9.59 Å². The Kier molecular flexibility index (Phi) is 11.6. The van der Waals surface area contributed by atoms with E-state index >= 15 is 0 Å². The Balaban J connectivity index is 2.48. The molecule has 52 heavy (non-hydrogen) atoms. The molecule has 0 N–H and O–H groups in total. The Morgan fingerprint density at radius 3 is 1.38 bits per heavy atom. The molecule has 0 heterocycles. The second kappa shape index (κ2) is 14.3. The number of hydrogen-bond donors (Lipinski definition) is 0. The molecular weight excluding hydrogens is 732 g/mol. The van der Waals surface area contributed by atoms with Crippen LogP contribution in [0.5, 0.6) is 0 Å². The number of carbonyl (C=O) groups excluding carboxylic acids is 2. The van der Waals surface area contributed by atoms with Crippen LogP contribution in [0.25, 0.3) is 9.69 Å². The first-order valence-electron chi connectivity index (χ1n) is 13.8. The molecule has 10 nitrogen and oxygen atoms in total. The third-order valence-corrected chi connectivity index (χ3v) is 7.56. The summed E-state index contributed by atoms with van der Waals surface area (Å²) in [5.41, 5.74) is -21.4. The van der Waals surface area contributed by atoms with Crippen molar-refractivity contribution in [2.45, 2.75) is 81.4 Å². The zero-order valence-electron chi connectivity index (χ0n) is 25.9. The number of ketones is 2. The molecule has 0 aliphatic heterocycles. The first-order chi connectivity index (χ1) is 23.6. The van der Waals surface area contributed by atoms with Crippen molar-refractivity contribution < 1.29 is 62.3 Å². The van der Waals surface area contributed by atoms with E-state index in [9.17, 15) is 72.8 Å². The summed E-state index contributed by atoms with van der Waals surface area (Å²) in [5, 5.41) is 44.5. The molecule has 2 aliphatic carbocycles. The van der Waals surface area contributed by atoms with Crippen LogP contribution in [-0.4, -0.2) is 53.4 Å². The van der Waals surface area contributed by atoms with Crippen molar-refractivity contribution in [1.82, 2.24) is 0 Å². The van der Waals surface area contributed by atoms with Crippen molar-refractivity contribution in [1.29, 1.82) is 21.0 Å². The number of allylic oxidation sites excluding steroid dienone is 6. The molecular formula is C30H16F12N8O2. The van der Waals surface area contributed by atoms with Gasteiger partial charge in [-0.3, -0.25) is 9.59 Å². The average molecular weight is 748 g/mol. The van der Waals surface area contributed by atoms with Gasteiger partial charge in [0.15, 0.2) is 22.6 Å². The molecule has 2 aliphatic rings. The summed E-state index contributed by atoms with van der Waals surface area (Å²) >= 11 is 0. The quantitative estimate of drug-likeness (QED) is 0.125. The van der Waals surface area contributed by atoms with E-state index in [1.807, 2.05) is 0 Å². The molecule has 0 aromatic heterocycles. The summed E-state index contributed by atoms with van der Waals surface area (Å²) in [6.45, 7) is 15.5. The second-order valence-corrected chi connectivity index (χ2v) is 11.3. The molecule has 0 amide bonds. The fourth-order valence-corrected chi connectivity index (χ4v) is 5.07. The SMILES string of the molecule is [C-]#[N+]C1=C(C(F)(F)F)C(C(=O)CCC(C)(C#N)N=NC(C)(C#N)CCC(=O)C2=C(C(F)(F)F)C(C#N)C(C#N)=C2C(F)(F)F)=C(C(F)(F)F)C1[N+]#[C-]. The lowest BCUT2D eigenvalue weighted by molar-refractivity contribution is -0.120. The Morgan fingerprint density at radius 2 is 1.10 bits per heavy atom. The molecule has 0 radical (unpaired) electrons. The molecule has 0 bridgehead atoms. The van der Waals surface area contributed by atoms with E-state index < -0.39 is 130 Å². The number of alkyl halides is 12. The van der Waals surface area contributed by atoms with Gasteiger partial charge in [0.2, 0.25) is 0 Å². The fraction of sp³-hybridized carbons (Fsp3) is 0.467. The molecule has 0 saturated heterocycles. The van der Waals surface area contributed by atoms with E-state index in [0.717, 1.165) is 26.0 Å². The molecule has 0 spiro atoms. The molecule has 0 aromatic rings. The largest absolute Gasteiger partial charge is 0.419 e. The number of rotatable bonds is 10. The molecule has 0 fully saturated rings. The Morgan fingerprint density at radius 1 is 0.692 bits per heavy atom. The lowest BCUT2D eigenvalue weighted by atomic mass is 9.90. The van der Waals surface area contributed by atoms with Crippen molar-refractivity contribution in [3.05, 3.63) is 67.5 Å². The number of azo groups is 1. The molecule has 2 rings (SSSR count). The van der Waals surface area contributed by atoms with Gasteiger partial charge in [-0.15, -0.1) is 0 Å². The van der Waals surface area contributed by atoms with Gasteiger partial charge in [0.1, 0.15) is 11.5 Å². The molecule has 22 heteroatoms. The van der Waals surface area contributed by atoms with Crippen molar-refractivity contribution in [3.8, 4) is 24.3 Å². The standard InChI is InChI=1S/C30H16F12N8O2/c1-25(11-45,7-5-15(51)17-19(27(31,32)33)13(9-43)14(10-44)20(17)28(34,35)36)49-50-26(2,12-46)8-6-16(52)18-21(29(37,38)39)23(47-3)24(48-4)22(18)30(40,41)42/h13,23H,5-8H2,1-2H3. The number of hydrogen-bond acceptors (Lipinski definition) is 8. The lowest BCUT2D eigenvalue weighted by Crippen LogP contribution is -2.28. The Labute approximate surface area is 284 Å². The monoisotopic (exact) mass is 748 g/mol. The molecule has 4 unspecified atom stereocenters. The van der Waals surface area contributed by atoms with Gasteiger partial charge in [-0.2, -0.15) is 84.0 Å². The molecule has 272 valence electrons. The van der Waals surface area contributed by atoms with E-state index in [1.165, 1.54) is 12.1 Å². The predicted molar refractivity (Wildman–Crippen MR) is 145 cm³/mol. The van der Waals surface area contributed by atoms with Gasteiger partial charge in [-0.1, -0.05) is 0 Å². The number of carbonyl (C=O) groups is 2. The van der Waals surface area contributed by atoms with Crippen LogP contribution < -0.4 is 0 Å². The van der Waals surface area contributed by atoms with Gasteiger partial charge >= 0.3 is 24.7 Å². The van der Waals surface area contributed by atoms with Gasteiger partial charge in [0.25, 0.3) is 11.7 Å². The minimum absolute atomic E-state index is 0.829. The van der Waals surface area contributed by atoms with Crippen LogP contribution in [0.15, 0.2) is 54.9 Å². The zero-order valence-corrected chi connectivity index (χ0v) is 25.9. The van der Waals surface area contributed by atoms with E-state index in [4.69, 9.17) is 23.7 Å². The minimum atomic E-state index is -5.73. The maximum absolute atomic E-state index is 13.8. The average Bonchev–Trinajstić information content (AvgIpc) is 3.59. The van der Waals surface area contributed by atoms with Gasteiger partial charge in [0, 0.05) is 24.0 Å². The number of nitriles is 4. The van der Waals surface area contributed by atoms with Crippen LogP contribution in [0.4, 0.5) is 52.7 Å². The second-order valence-electron chi connectivity index (χ2n) is 11.3. The molecule has 0 aromatic carbocycles. The Bertz CT molecular complexity index is 1850. The summed E-state index contributed by atoms with van der Waals surface area (Å²) in [4.78, 5) is 30.6. The summed E-state index contributed by atoms with van der Waals surface area (Å²) in [6.07, 6.45) is -27.6. The third kappa shape index (κ3) is 8.30. The number of halogens is 12. The van der Waals surface area contributed by atoms with Crippen molar-refractivity contribution in [2.75, 3.05) is 0 Å². The van der Waals surface area contributed by atoms with E-state index in [2.05, 4.69) is 19.9 Å². The van der Waals surface area contributed by atoms with Crippen molar-refractivity contribution in [3.63, 3.8) is 0 Å². The van der Waals surface area contributed by atoms with Crippen LogP contribution >= 0.6 is 0 Å².